The van der Waals surface area contributed by atoms with Gasteiger partial charge in [-0.15, -0.1) is 12.4 Å². The van der Waals surface area contributed by atoms with E-state index < -0.39 is 0 Å². The molecule has 0 radical (unpaired) electrons. The van der Waals surface area contributed by atoms with Gasteiger partial charge < -0.3 is 10.1 Å². The van der Waals surface area contributed by atoms with E-state index in [9.17, 15) is 0 Å². The third-order valence-electron chi connectivity index (χ3n) is 3.58. The largest absolute Gasteiger partial charge is 0.489 e. The van der Waals surface area contributed by atoms with Gasteiger partial charge in [-0.25, -0.2) is 0 Å². The Morgan fingerprint density at radius 2 is 1.79 bits per heavy atom. The van der Waals surface area contributed by atoms with Gasteiger partial charge >= 0.3 is 0 Å². The lowest BCUT2D eigenvalue weighted by molar-refractivity contribution is 0.302. The highest BCUT2D eigenvalue weighted by molar-refractivity contribution is 6.35. The highest BCUT2D eigenvalue weighted by Gasteiger charge is 2.06. The molecular weight excluding hydrogens is 365 g/mol. The van der Waals surface area contributed by atoms with Gasteiger partial charge in [-0.3, -0.25) is 0 Å². The summed E-state index contributed by atoms with van der Waals surface area (Å²) in [7, 11) is 0. The molecule has 5 heteroatoms. The molecule has 0 heterocycles. The Bertz CT molecular complexity index is 632. The van der Waals surface area contributed by atoms with Crippen LogP contribution in [-0.2, 0) is 13.2 Å². The molecule has 2 nitrogen and oxygen atoms in total. The van der Waals surface area contributed by atoms with Gasteiger partial charge in [0.2, 0.25) is 0 Å². The van der Waals surface area contributed by atoms with Crippen molar-refractivity contribution in [3.8, 4) is 5.75 Å². The van der Waals surface area contributed by atoms with Crippen LogP contribution in [0.15, 0.2) is 42.5 Å². The van der Waals surface area contributed by atoms with Crippen molar-refractivity contribution < 1.29 is 4.74 Å². The molecule has 0 saturated carbocycles. The van der Waals surface area contributed by atoms with Gasteiger partial charge in [0.25, 0.3) is 0 Å². The van der Waals surface area contributed by atoms with E-state index >= 15 is 0 Å². The van der Waals surface area contributed by atoms with Gasteiger partial charge in [0.15, 0.2) is 0 Å². The molecule has 0 bridgehead atoms. The van der Waals surface area contributed by atoms with Gasteiger partial charge in [0.1, 0.15) is 12.4 Å². The molecule has 0 saturated heterocycles. The number of halogens is 3. The zero-order valence-electron chi connectivity index (χ0n) is 14.0. The van der Waals surface area contributed by atoms with E-state index in [1.54, 1.807) is 6.07 Å². The summed E-state index contributed by atoms with van der Waals surface area (Å²) in [6.07, 6.45) is 1.17. The van der Waals surface area contributed by atoms with Crippen LogP contribution in [0.1, 0.15) is 31.4 Å². The fourth-order valence-electron chi connectivity index (χ4n) is 2.20. The third kappa shape index (κ3) is 6.90. The van der Waals surface area contributed by atoms with E-state index in [1.165, 1.54) is 6.42 Å². The smallest absolute Gasteiger partial charge is 0.124 e. The normalized spacial score (nSPS) is 10.5. The van der Waals surface area contributed by atoms with E-state index in [1.807, 2.05) is 30.3 Å². The number of hydrogen-bond donors (Lipinski definition) is 1. The van der Waals surface area contributed by atoms with E-state index in [-0.39, 0.29) is 12.4 Å². The molecule has 2 aromatic carbocycles. The number of ether oxygens (including phenoxy) is 1. The van der Waals surface area contributed by atoms with Crippen molar-refractivity contribution in [3.63, 3.8) is 0 Å². The van der Waals surface area contributed by atoms with Crippen molar-refractivity contribution in [1.82, 2.24) is 5.32 Å². The first-order valence-corrected chi connectivity index (χ1v) is 8.67. The Morgan fingerprint density at radius 1 is 1.04 bits per heavy atom. The Hall–Kier alpha value is -0.930. The first-order chi connectivity index (χ1) is 11.1. The maximum Gasteiger partial charge on any atom is 0.124 e. The minimum Gasteiger partial charge on any atom is -0.489 e. The predicted octanol–water partition coefficient (Wildman–Crippen LogP) is 6.13. The fourth-order valence-corrected chi connectivity index (χ4v) is 2.66. The molecule has 0 aromatic heterocycles. The summed E-state index contributed by atoms with van der Waals surface area (Å²) in [6.45, 7) is 6.70. The van der Waals surface area contributed by atoms with Crippen LogP contribution < -0.4 is 10.1 Å². The maximum absolute atomic E-state index is 6.19. The Morgan fingerprint density at radius 3 is 2.50 bits per heavy atom. The number of benzene rings is 2. The van der Waals surface area contributed by atoms with Crippen molar-refractivity contribution in [2.24, 2.45) is 5.92 Å². The fraction of sp³-hybridized carbons (Fsp3) is 0.368. The van der Waals surface area contributed by atoms with Crippen LogP contribution in [0.4, 0.5) is 0 Å². The lowest BCUT2D eigenvalue weighted by Crippen LogP contribution is -2.16. The monoisotopic (exact) mass is 387 g/mol. The molecule has 24 heavy (non-hydrogen) atoms. The van der Waals surface area contributed by atoms with Gasteiger partial charge in [-0.1, -0.05) is 61.3 Å². The van der Waals surface area contributed by atoms with Crippen LogP contribution in [0.3, 0.4) is 0 Å². The summed E-state index contributed by atoms with van der Waals surface area (Å²) in [5.41, 5.74) is 2.08. The number of rotatable bonds is 8. The summed E-state index contributed by atoms with van der Waals surface area (Å²) >= 11 is 12.1. The van der Waals surface area contributed by atoms with Crippen LogP contribution in [-0.4, -0.2) is 6.54 Å². The Labute approximate surface area is 160 Å². The van der Waals surface area contributed by atoms with Crippen molar-refractivity contribution in [2.45, 2.75) is 33.4 Å². The quantitative estimate of drug-likeness (QED) is 0.549. The molecule has 0 amide bonds. The molecule has 1 N–H and O–H groups in total. The lowest BCUT2D eigenvalue weighted by atomic mass is 10.1. The molecule has 2 rings (SSSR count). The summed E-state index contributed by atoms with van der Waals surface area (Å²) < 4.78 is 5.95. The molecular formula is C19H24Cl3NO. The van der Waals surface area contributed by atoms with Gasteiger partial charge in [-0.05, 0) is 37.1 Å². The first kappa shape index (κ1) is 21.1. The minimum absolute atomic E-state index is 0. The molecule has 0 aliphatic carbocycles. The summed E-state index contributed by atoms with van der Waals surface area (Å²) in [6, 6.07) is 13.5. The van der Waals surface area contributed by atoms with Gasteiger partial charge in [0, 0.05) is 27.7 Å². The first-order valence-electron chi connectivity index (χ1n) is 7.91. The van der Waals surface area contributed by atoms with Crippen LogP contribution in [0, 0.1) is 5.92 Å². The zero-order chi connectivity index (χ0) is 16.7. The van der Waals surface area contributed by atoms with E-state index in [2.05, 4.69) is 25.2 Å². The number of para-hydroxylation sites is 1. The summed E-state index contributed by atoms with van der Waals surface area (Å²) in [5, 5.41) is 4.73. The van der Waals surface area contributed by atoms with Crippen molar-refractivity contribution in [1.29, 1.82) is 0 Å². The van der Waals surface area contributed by atoms with Gasteiger partial charge in [0.05, 0.1) is 0 Å². The molecule has 0 atom stereocenters. The predicted molar refractivity (Wildman–Crippen MR) is 106 cm³/mol. The Balaban J connectivity index is 0.00000288. The summed E-state index contributed by atoms with van der Waals surface area (Å²) in [5.74, 6) is 1.59. The van der Waals surface area contributed by atoms with E-state index in [0.717, 1.165) is 30.0 Å². The molecule has 2 aromatic rings. The number of hydrogen-bond acceptors (Lipinski definition) is 2. The lowest BCUT2D eigenvalue weighted by Gasteiger charge is -2.13. The molecule has 0 spiro atoms. The molecule has 0 unspecified atom stereocenters. The third-order valence-corrected chi connectivity index (χ3v) is 4.17. The average molecular weight is 389 g/mol. The molecule has 0 aliphatic rings. The molecule has 0 fully saturated rings. The van der Waals surface area contributed by atoms with Crippen molar-refractivity contribution in [3.05, 3.63) is 63.6 Å². The maximum atomic E-state index is 6.19. The zero-order valence-corrected chi connectivity index (χ0v) is 16.3. The highest BCUT2D eigenvalue weighted by atomic mass is 35.5. The molecule has 132 valence electrons. The van der Waals surface area contributed by atoms with Crippen molar-refractivity contribution in [2.75, 3.05) is 6.54 Å². The Kier molecular flexibility index (Phi) is 9.53. The van der Waals surface area contributed by atoms with Crippen LogP contribution in [0.25, 0.3) is 0 Å². The number of nitrogens with one attached hydrogen (secondary N) is 1. The topological polar surface area (TPSA) is 21.3 Å². The van der Waals surface area contributed by atoms with Crippen LogP contribution in [0.2, 0.25) is 10.0 Å². The van der Waals surface area contributed by atoms with Crippen LogP contribution in [0.5, 0.6) is 5.75 Å². The second-order valence-corrected chi connectivity index (χ2v) is 6.84. The SMILES string of the molecule is CC(C)CCNCc1ccccc1OCc1ccc(Cl)cc1Cl.Cl. The highest BCUT2D eigenvalue weighted by Crippen LogP contribution is 2.24. The van der Waals surface area contributed by atoms with Gasteiger partial charge in [-0.2, -0.15) is 0 Å². The standard InChI is InChI=1S/C19H23Cl2NO.ClH/c1-14(2)9-10-22-12-15-5-3-4-6-19(15)23-13-16-7-8-17(20)11-18(16)21;/h3-8,11,14,22H,9-10,12-13H2,1-2H3;1H. The van der Waals surface area contributed by atoms with E-state index in [0.29, 0.717) is 22.6 Å². The average Bonchev–Trinajstić information content (AvgIpc) is 2.51. The second kappa shape index (κ2) is 10.8. The van der Waals surface area contributed by atoms with Crippen LogP contribution >= 0.6 is 35.6 Å². The summed E-state index contributed by atoms with van der Waals surface area (Å²) in [4.78, 5) is 0. The second-order valence-electron chi connectivity index (χ2n) is 5.99. The molecule has 0 aliphatic heterocycles. The minimum atomic E-state index is 0. The van der Waals surface area contributed by atoms with Crippen molar-refractivity contribution >= 4 is 35.6 Å². The van der Waals surface area contributed by atoms with E-state index in [4.69, 9.17) is 27.9 Å².